The van der Waals surface area contributed by atoms with Crippen LogP contribution in [0.25, 0.3) is 11.0 Å². The average Bonchev–Trinajstić information content (AvgIpc) is 3.01. The summed E-state index contributed by atoms with van der Waals surface area (Å²) in [6.07, 6.45) is 2.23. The summed E-state index contributed by atoms with van der Waals surface area (Å²) in [5.74, 6) is 1.05. The van der Waals surface area contributed by atoms with Gasteiger partial charge < -0.3 is 20.5 Å². The molecule has 0 bridgehead atoms. The summed E-state index contributed by atoms with van der Waals surface area (Å²) in [4.78, 5) is 12.8. The SMILES string of the molecule is CN(C)C1CCN(CCc2nc3ccc(N)cc3[nH]2)C1. The summed E-state index contributed by atoms with van der Waals surface area (Å²) in [6.45, 7) is 3.43. The van der Waals surface area contributed by atoms with Gasteiger partial charge >= 0.3 is 0 Å². The van der Waals surface area contributed by atoms with Crippen LogP contribution < -0.4 is 5.73 Å². The zero-order valence-corrected chi connectivity index (χ0v) is 12.3. The minimum Gasteiger partial charge on any atom is -0.399 e. The smallest absolute Gasteiger partial charge is 0.108 e. The lowest BCUT2D eigenvalue weighted by Gasteiger charge is -2.19. The summed E-state index contributed by atoms with van der Waals surface area (Å²) in [7, 11) is 4.33. The van der Waals surface area contributed by atoms with E-state index in [0.29, 0.717) is 6.04 Å². The normalized spacial score (nSPS) is 20.2. The molecule has 3 N–H and O–H groups in total. The van der Waals surface area contributed by atoms with Gasteiger partial charge in [0.15, 0.2) is 0 Å². The maximum Gasteiger partial charge on any atom is 0.108 e. The third-order valence-corrected chi connectivity index (χ3v) is 4.20. The first kappa shape index (κ1) is 13.4. The second-order valence-electron chi connectivity index (χ2n) is 5.92. The first-order chi connectivity index (χ1) is 9.61. The summed E-state index contributed by atoms with van der Waals surface area (Å²) < 4.78 is 0. The van der Waals surface area contributed by atoms with Crippen LogP contribution in [0.3, 0.4) is 0 Å². The highest BCUT2D eigenvalue weighted by atomic mass is 15.2. The van der Waals surface area contributed by atoms with Crippen molar-refractivity contribution in [2.24, 2.45) is 0 Å². The third-order valence-electron chi connectivity index (χ3n) is 4.20. The molecule has 3 rings (SSSR count). The summed E-state index contributed by atoms with van der Waals surface area (Å²) >= 11 is 0. The quantitative estimate of drug-likeness (QED) is 0.825. The molecule has 1 aromatic heterocycles. The Morgan fingerprint density at radius 1 is 1.45 bits per heavy atom. The van der Waals surface area contributed by atoms with Crippen LogP contribution in [-0.4, -0.2) is 59.5 Å². The number of nitrogen functional groups attached to an aromatic ring is 1. The van der Waals surface area contributed by atoms with Crippen molar-refractivity contribution < 1.29 is 0 Å². The van der Waals surface area contributed by atoms with E-state index >= 15 is 0 Å². The molecule has 5 heteroatoms. The minimum absolute atomic E-state index is 0.700. The van der Waals surface area contributed by atoms with Crippen molar-refractivity contribution in [2.75, 3.05) is 39.5 Å². The van der Waals surface area contributed by atoms with Crippen molar-refractivity contribution >= 4 is 16.7 Å². The molecule has 108 valence electrons. The van der Waals surface area contributed by atoms with Gasteiger partial charge in [-0.2, -0.15) is 0 Å². The molecule has 1 unspecified atom stereocenters. The van der Waals surface area contributed by atoms with Crippen LogP contribution in [0.4, 0.5) is 5.69 Å². The largest absolute Gasteiger partial charge is 0.399 e. The number of nitrogens with zero attached hydrogens (tertiary/aromatic N) is 3. The Kier molecular flexibility index (Phi) is 3.63. The molecule has 1 fully saturated rings. The fourth-order valence-electron chi connectivity index (χ4n) is 2.90. The molecule has 2 heterocycles. The van der Waals surface area contributed by atoms with Crippen molar-refractivity contribution in [1.29, 1.82) is 0 Å². The number of likely N-dealkylation sites (N-methyl/N-ethyl adjacent to an activating group) is 1. The fraction of sp³-hybridized carbons (Fsp3) is 0.533. The van der Waals surface area contributed by atoms with Crippen LogP contribution in [-0.2, 0) is 6.42 Å². The number of nitrogens with two attached hydrogens (primary N) is 1. The summed E-state index contributed by atoms with van der Waals surface area (Å²) in [6, 6.07) is 6.52. The monoisotopic (exact) mass is 273 g/mol. The predicted octanol–water partition coefficient (Wildman–Crippen LogP) is 1.32. The van der Waals surface area contributed by atoms with E-state index in [1.54, 1.807) is 0 Å². The lowest BCUT2D eigenvalue weighted by atomic mass is 10.2. The van der Waals surface area contributed by atoms with E-state index in [0.717, 1.165) is 35.5 Å². The van der Waals surface area contributed by atoms with Gasteiger partial charge in [-0.05, 0) is 45.3 Å². The summed E-state index contributed by atoms with van der Waals surface area (Å²) in [5, 5.41) is 0. The van der Waals surface area contributed by atoms with E-state index in [1.807, 2.05) is 18.2 Å². The molecular formula is C15H23N5. The van der Waals surface area contributed by atoms with E-state index in [1.165, 1.54) is 19.5 Å². The fourth-order valence-corrected chi connectivity index (χ4v) is 2.90. The van der Waals surface area contributed by atoms with Gasteiger partial charge in [0.1, 0.15) is 5.82 Å². The first-order valence-corrected chi connectivity index (χ1v) is 7.25. The lowest BCUT2D eigenvalue weighted by molar-refractivity contribution is 0.269. The van der Waals surface area contributed by atoms with Gasteiger partial charge in [0.25, 0.3) is 0 Å². The lowest BCUT2D eigenvalue weighted by Crippen LogP contribution is -2.32. The highest BCUT2D eigenvalue weighted by Gasteiger charge is 2.23. The van der Waals surface area contributed by atoms with Crippen LogP contribution in [0.1, 0.15) is 12.2 Å². The minimum atomic E-state index is 0.700. The summed E-state index contributed by atoms with van der Waals surface area (Å²) in [5.41, 5.74) is 8.60. The number of hydrogen-bond acceptors (Lipinski definition) is 4. The number of fused-ring (bicyclic) bond motifs is 1. The number of likely N-dealkylation sites (tertiary alicyclic amines) is 1. The topological polar surface area (TPSA) is 61.2 Å². The molecule has 0 amide bonds. The zero-order chi connectivity index (χ0) is 14.1. The molecule has 1 aliphatic heterocycles. The molecule has 20 heavy (non-hydrogen) atoms. The Morgan fingerprint density at radius 3 is 3.05 bits per heavy atom. The number of anilines is 1. The van der Waals surface area contributed by atoms with Gasteiger partial charge in [0.05, 0.1) is 11.0 Å². The predicted molar refractivity (Wildman–Crippen MR) is 82.7 cm³/mol. The van der Waals surface area contributed by atoms with Crippen molar-refractivity contribution in [3.05, 3.63) is 24.0 Å². The molecule has 0 radical (unpaired) electrons. The molecule has 5 nitrogen and oxygen atoms in total. The number of H-pyrrole nitrogens is 1. The first-order valence-electron chi connectivity index (χ1n) is 7.25. The molecule has 1 aromatic carbocycles. The number of aromatic nitrogens is 2. The maximum atomic E-state index is 5.79. The van der Waals surface area contributed by atoms with Gasteiger partial charge in [-0.3, -0.25) is 0 Å². The molecule has 2 aromatic rings. The number of nitrogens with one attached hydrogen (secondary N) is 1. The molecule has 0 spiro atoms. The van der Waals surface area contributed by atoms with Gasteiger partial charge in [-0.25, -0.2) is 4.98 Å². The van der Waals surface area contributed by atoms with Crippen LogP contribution in [0.5, 0.6) is 0 Å². The molecular weight excluding hydrogens is 250 g/mol. The van der Waals surface area contributed by atoms with Crippen LogP contribution in [0.2, 0.25) is 0 Å². The van der Waals surface area contributed by atoms with Crippen molar-refractivity contribution in [3.63, 3.8) is 0 Å². The van der Waals surface area contributed by atoms with Crippen LogP contribution in [0, 0.1) is 0 Å². The Morgan fingerprint density at radius 2 is 2.30 bits per heavy atom. The number of benzene rings is 1. The van der Waals surface area contributed by atoms with Crippen LogP contribution >= 0.6 is 0 Å². The van der Waals surface area contributed by atoms with Crippen molar-refractivity contribution in [3.8, 4) is 0 Å². The van der Waals surface area contributed by atoms with Gasteiger partial charge in [0.2, 0.25) is 0 Å². The van der Waals surface area contributed by atoms with Crippen molar-refractivity contribution in [1.82, 2.24) is 19.8 Å². The standard InChI is InChI=1S/C15H23N5/c1-19(2)12-5-7-20(10-12)8-6-15-17-13-4-3-11(16)9-14(13)18-15/h3-4,9,12H,5-8,10,16H2,1-2H3,(H,17,18). The Hall–Kier alpha value is -1.59. The van der Waals surface area contributed by atoms with Gasteiger partial charge in [-0.1, -0.05) is 0 Å². The second-order valence-corrected chi connectivity index (χ2v) is 5.92. The second kappa shape index (κ2) is 5.42. The zero-order valence-electron chi connectivity index (χ0n) is 12.3. The van der Waals surface area contributed by atoms with E-state index in [9.17, 15) is 0 Å². The van der Waals surface area contributed by atoms with E-state index in [-0.39, 0.29) is 0 Å². The van der Waals surface area contributed by atoms with Crippen LogP contribution in [0.15, 0.2) is 18.2 Å². The molecule has 1 atom stereocenters. The number of hydrogen-bond donors (Lipinski definition) is 2. The molecule has 1 aliphatic rings. The van der Waals surface area contributed by atoms with E-state index in [4.69, 9.17) is 5.73 Å². The maximum absolute atomic E-state index is 5.79. The molecule has 0 aliphatic carbocycles. The van der Waals surface area contributed by atoms with E-state index in [2.05, 4.69) is 33.9 Å². The number of rotatable bonds is 4. The number of aromatic amines is 1. The Labute approximate surface area is 119 Å². The van der Waals surface area contributed by atoms with E-state index < -0.39 is 0 Å². The Balaban J connectivity index is 1.60. The average molecular weight is 273 g/mol. The highest BCUT2D eigenvalue weighted by molar-refractivity contribution is 5.78. The third kappa shape index (κ3) is 2.78. The van der Waals surface area contributed by atoms with Gasteiger partial charge in [-0.15, -0.1) is 0 Å². The highest BCUT2D eigenvalue weighted by Crippen LogP contribution is 2.17. The Bertz CT molecular complexity index is 589. The molecule has 1 saturated heterocycles. The molecule has 0 saturated carbocycles. The number of imidazole rings is 1. The van der Waals surface area contributed by atoms with Crippen molar-refractivity contribution in [2.45, 2.75) is 18.9 Å². The van der Waals surface area contributed by atoms with Gasteiger partial charge in [0, 0.05) is 31.2 Å².